The fraction of sp³-hybridized carbons (Fsp3) is 0.286. The Morgan fingerprint density at radius 3 is 2.50 bits per heavy atom. The van der Waals surface area contributed by atoms with Gasteiger partial charge < -0.3 is 10.6 Å². The molecule has 0 atom stereocenters. The van der Waals surface area contributed by atoms with Crippen LogP contribution in [0.1, 0.15) is 20.8 Å². The van der Waals surface area contributed by atoms with Crippen molar-refractivity contribution in [1.29, 1.82) is 5.26 Å². The highest BCUT2D eigenvalue weighted by atomic mass is 32.2. The van der Waals surface area contributed by atoms with Crippen molar-refractivity contribution < 1.29 is 17.8 Å². The zero-order valence-corrected chi connectivity index (χ0v) is 13.2. The Morgan fingerprint density at radius 1 is 1.36 bits per heavy atom. The molecule has 0 aliphatic rings. The topological polar surface area (TPSA) is 119 Å². The van der Waals surface area contributed by atoms with Crippen LogP contribution in [0.3, 0.4) is 0 Å². The molecule has 0 bridgehead atoms. The van der Waals surface area contributed by atoms with Crippen molar-refractivity contribution in [3.8, 4) is 6.07 Å². The minimum atomic E-state index is -4.36. The second-order valence-electron chi connectivity index (χ2n) is 5.52. The van der Waals surface area contributed by atoms with E-state index in [1.165, 1.54) is 24.4 Å². The smallest absolute Gasteiger partial charge is 0.294 e. The molecule has 0 heterocycles. The first-order valence-electron chi connectivity index (χ1n) is 6.30. The molecule has 1 aromatic carbocycles. The zero-order valence-electron chi connectivity index (χ0n) is 12.4. The molecule has 0 saturated carbocycles. The molecule has 0 aromatic heterocycles. The molecule has 1 amide bonds. The summed E-state index contributed by atoms with van der Waals surface area (Å²) in [6, 6.07) is 6.85. The van der Waals surface area contributed by atoms with Crippen molar-refractivity contribution >= 4 is 21.7 Å². The first-order valence-corrected chi connectivity index (χ1v) is 7.74. The molecule has 0 radical (unpaired) electrons. The number of carbonyl (C=O) groups is 1. The number of hydrogen-bond donors (Lipinski definition) is 3. The van der Waals surface area contributed by atoms with E-state index in [4.69, 9.17) is 9.81 Å². The summed E-state index contributed by atoms with van der Waals surface area (Å²) in [7, 11) is -4.36. The van der Waals surface area contributed by atoms with Gasteiger partial charge in [0.1, 0.15) is 11.6 Å². The number of anilines is 1. The highest BCUT2D eigenvalue weighted by Crippen LogP contribution is 2.15. The lowest BCUT2D eigenvalue weighted by atomic mass is 10.1. The third kappa shape index (κ3) is 5.55. The molecule has 0 fully saturated rings. The number of nitrogens with one attached hydrogen (secondary N) is 2. The number of hydrogen-bond acceptors (Lipinski definition) is 5. The molecule has 118 valence electrons. The first-order chi connectivity index (χ1) is 10.0. The largest absolute Gasteiger partial charge is 0.385 e. The van der Waals surface area contributed by atoms with E-state index in [-0.39, 0.29) is 21.7 Å². The summed E-state index contributed by atoms with van der Waals surface area (Å²) in [6.07, 6.45) is 1.29. The number of benzene rings is 1. The lowest BCUT2D eigenvalue weighted by Gasteiger charge is -2.18. The van der Waals surface area contributed by atoms with Crippen LogP contribution in [-0.4, -0.2) is 24.4 Å². The summed E-state index contributed by atoms with van der Waals surface area (Å²) in [5.41, 5.74) is -0.322. The van der Waals surface area contributed by atoms with Crippen LogP contribution in [0, 0.1) is 11.3 Å². The van der Waals surface area contributed by atoms with E-state index in [1.807, 2.05) is 20.8 Å². The quantitative estimate of drug-likeness (QED) is 0.440. The first kappa shape index (κ1) is 17.7. The van der Waals surface area contributed by atoms with E-state index in [1.54, 1.807) is 6.07 Å². The van der Waals surface area contributed by atoms with Gasteiger partial charge in [-0.05, 0) is 39.0 Å². The Bertz CT molecular complexity index is 740. The summed E-state index contributed by atoms with van der Waals surface area (Å²) in [5, 5.41) is 14.3. The number of nitriles is 1. The van der Waals surface area contributed by atoms with Crippen LogP contribution in [0.2, 0.25) is 0 Å². The highest BCUT2D eigenvalue weighted by molar-refractivity contribution is 7.85. The molecule has 0 saturated heterocycles. The normalized spacial score (nSPS) is 12.4. The molecule has 8 heteroatoms. The maximum Gasteiger partial charge on any atom is 0.294 e. The number of nitrogens with zero attached hydrogens (tertiary/aromatic N) is 1. The molecule has 3 N–H and O–H groups in total. The van der Waals surface area contributed by atoms with Crippen LogP contribution < -0.4 is 10.6 Å². The van der Waals surface area contributed by atoms with Gasteiger partial charge in [0.05, 0.1) is 4.90 Å². The van der Waals surface area contributed by atoms with Crippen LogP contribution in [0.5, 0.6) is 0 Å². The molecule has 1 aromatic rings. The van der Waals surface area contributed by atoms with Crippen LogP contribution >= 0.6 is 0 Å². The maximum atomic E-state index is 12.0. The molecule has 1 rings (SSSR count). The van der Waals surface area contributed by atoms with Crippen molar-refractivity contribution in [2.24, 2.45) is 0 Å². The number of carbonyl (C=O) groups excluding carboxylic acids is 1. The van der Waals surface area contributed by atoms with E-state index in [0.29, 0.717) is 0 Å². The monoisotopic (exact) mass is 323 g/mol. The van der Waals surface area contributed by atoms with Crippen molar-refractivity contribution in [3.05, 3.63) is 36.0 Å². The third-order valence-electron chi connectivity index (χ3n) is 2.40. The van der Waals surface area contributed by atoms with E-state index in [9.17, 15) is 13.2 Å². The van der Waals surface area contributed by atoms with Gasteiger partial charge in [0.15, 0.2) is 0 Å². The van der Waals surface area contributed by atoms with E-state index < -0.39 is 16.0 Å². The summed E-state index contributed by atoms with van der Waals surface area (Å²) in [5.74, 6) is -0.688. The van der Waals surface area contributed by atoms with Crippen molar-refractivity contribution in [3.63, 3.8) is 0 Å². The Kier molecular flexibility index (Phi) is 5.30. The molecule has 22 heavy (non-hydrogen) atoms. The molecular weight excluding hydrogens is 306 g/mol. The van der Waals surface area contributed by atoms with E-state index in [2.05, 4.69) is 10.6 Å². The Hall–Kier alpha value is -2.37. The Balaban J connectivity index is 2.95. The van der Waals surface area contributed by atoms with Crippen molar-refractivity contribution in [2.45, 2.75) is 31.2 Å². The van der Waals surface area contributed by atoms with Crippen molar-refractivity contribution in [2.75, 3.05) is 5.32 Å². The van der Waals surface area contributed by atoms with Gasteiger partial charge in [0, 0.05) is 17.4 Å². The summed E-state index contributed by atoms with van der Waals surface area (Å²) >= 11 is 0. The average molecular weight is 323 g/mol. The fourth-order valence-electron chi connectivity index (χ4n) is 1.37. The Labute approximate surface area is 129 Å². The second kappa shape index (κ2) is 6.60. The Morgan fingerprint density at radius 2 is 2.00 bits per heavy atom. The standard InChI is InChI=1S/C14H17N3O4S/c1-14(2,3)16-9-10(8-15)13(18)17-11-5-4-6-12(7-11)22(19,20)21/h4-7,9,16H,1-3H3,(H,17,18)(H,19,20,21)/b10-9-. The predicted molar refractivity (Wildman–Crippen MR) is 81.5 cm³/mol. The van der Waals surface area contributed by atoms with E-state index in [0.717, 1.165) is 6.07 Å². The van der Waals surface area contributed by atoms with Gasteiger partial charge in [0.2, 0.25) is 0 Å². The van der Waals surface area contributed by atoms with Gasteiger partial charge in [-0.25, -0.2) is 0 Å². The summed E-state index contributed by atoms with van der Waals surface area (Å²) in [6.45, 7) is 5.60. The molecular formula is C14H17N3O4S. The molecule has 7 nitrogen and oxygen atoms in total. The van der Waals surface area contributed by atoms with Crippen molar-refractivity contribution in [1.82, 2.24) is 5.32 Å². The predicted octanol–water partition coefficient (Wildman–Crippen LogP) is 1.67. The average Bonchev–Trinajstić information content (AvgIpc) is 2.37. The van der Waals surface area contributed by atoms with Crippen LogP contribution in [0.15, 0.2) is 40.9 Å². The second-order valence-corrected chi connectivity index (χ2v) is 6.94. The SMILES string of the molecule is CC(C)(C)N/C=C(/C#N)C(=O)Nc1cccc(S(=O)(=O)O)c1. The zero-order chi connectivity index (χ0) is 17.0. The van der Waals surface area contributed by atoms with Gasteiger partial charge in [-0.1, -0.05) is 6.07 Å². The van der Waals surface area contributed by atoms with Gasteiger partial charge in [-0.3, -0.25) is 9.35 Å². The highest BCUT2D eigenvalue weighted by Gasteiger charge is 2.14. The third-order valence-corrected chi connectivity index (χ3v) is 3.25. The molecule has 0 aliphatic carbocycles. The summed E-state index contributed by atoms with van der Waals surface area (Å²) in [4.78, 5) is 11.6. The lowest BCUT2D eigenvalue weighted by molar-refractivity contribution is -0.112. The van der Waals surface area contributed by atoms with Gasteiger partial charge in [-0.2, -0.15) is 13.7 Å². The minimum Gasteiger partial charge on any atom is -0.385 e. The van der Waals surface area contributed by atoms with Gasteiger partial charge in [0.25, 0.3) is 16.0 Å². The van der Waals surface area contributed by atoms with Gasteiger partial charge in [-0.15, -0.1) is 0 Å². The fourth-order valence-corrected chi connectivity index (χ4v) is 1.90. The van der Waals surface area contributed by atoms with E-state index >= 15 is 0 Å². The molecule has 0 aliphatic heterocycles. The lowest BCUT2D eigenvalue weighted by Crippen LogP contribution is -2.32. The molecule has 0 spiro atoms. The number of rotatable bonds is 4. The maximum absolute atomic E-state index is 12.0. The van der Waals surface area contributed by atoms with Gasteiger partial charge >= 0.3 is 0 Å². The minimum absolute atomic E-state index is 0.150. The van der Waals surface area contributed by atoms with Crippen LogP contribution in [0.4, 0.5) is 5.69 Å². The molecule has 0 unspecified atom stereocenters. The number of amides is 1. The van der Waals surface area contributed by atoms with Crippen LogP contribution in [-0.2, 0) is 14.9 Å². The summed E-state index contributed by atoms with van der Waals surface area (Å²) < 4.78 is 31.0. The van der Waals surface area contributed by atoms with Crippen LogP contribution in [0.25, 0.3) is 0 Å².